The third-order valence-corrected chi connectivity index (χ3v) is 5.75. The van der Waals surface area contributed by atoms with E-state index >= 15 is 0 Å². The molecule has 8 heteroatoms. The van der Waals surface area contributed by atoms with Crippen LogP contribution in [0.15, 0.2) is 60.7 Å². The monoisotopic (exact) mass is 626 g/mol. The lowest BCUT2D eigenvalue weighted by Gasteiger charge is -2.12. The molecule has 3 aromatic rings. The molecule has 0 atom stereocenters. The first kappa shape index (κ1) is 22.2. The van der Waals surface area contributed by atoms with Gasteiger partial charge in [-0.25, -0.2) is 4.39 Å². The van der Waals surface area contributed by atoms with Crippen LogP contribution in [-0.4, -0.2) is 4.92 Å². The number of nitriles is 1. The number of allylic oxidation sites excluding steroid dienone is 1. The van der Waals surface area contributed by atoms with Gasteiger partial charge in [0.05, 0.1) is 23.7 Å². The zero-order chi connectivity index (χ0) is 21.7. The van der Waals surface area contributed by atoms with Gasteiger partial charge >= 0.3 is 0 Å². The minimum absolute atomic E-state index is 0.0298. The number of nitro benzene ring substituents is 1. The van der Waals surface area contributed by atoms with Crippen molar-refractivity contribution in [1.82, 2.24) is 0 Å². The van der Waals surface area contributed by atoms with Gasteiger partial charge < -0.3 is 4.74 Å². The predicted molar refractivity (Wildman–Crippen MR) is 129 cm³/mol. The number of nitrogens with zero attached hydrogens (tertiary/aromatic N) is 2. The Labute approximate surface area is 199 Å². The summed E-state index contributed by atoms with van der Waals surface area (Å²) in [4.78, 5) is 10.3. The molecule has 3 aromatic carbocycles. The summed E-state index contributed by atoms with van der Waals surface area (Å²) in [6, 6.07) is 18.1. The number of non-ortho nitro benzene ring substituents is 1. The largest absolute Gasteiger partial charge is 0.487 e. The van der Waals surface area contributed by atoms with E-state index in [4.69, 9.17) is 4.74 Å². The van der Waals surface area contributed by atoms with Crippen LogP contribution in [0.2, 0.25) is 0 Å². The van der Waals surface area contributed by atoms with E-state index in [0.29, 0.717) is 5.75 Å². The van der Waals surface area contributed by atoms with Crippen molar-refractivity contribution in [2.45, 2.75) is 6.61 Å². The first-order valence-electron chi connectivity index (χ1n) is 8.61. The second kappa shape index (κ2) is 9.99. The maximum atomic E-state index is 14.0. The molecule has 0 spiro atoms. The summed E-state index contributed by atoms with van der Waals surface area (Å²) < 4.78 is 21.6. The second-order valence-electron chi connectivity index (χ2n) is 6.18. The van der Waals surface area contributed by atoms with Gasteiger partial charge in [-0.2, -0.15) is 5.26 Å². The SMILES string of the molecule is N#C/C(=C/c1cc(I)c(OCc2ccc([N+](=O)[O-])cc2)c(I)c1)c1ccccc1F. The van der Waals surface area contributed by atoms with E-state index in [-0.39, 0.29) is 23.4 Å². The van der Waals surface area contributed by atoms with Crippen LogP contribution in [0.25, 0.3) is 11.6 Å². The van der Waals surface area contributed by atoms with Crippen LogP contribution in [0.3, 0.4) is 0 Å². The Kier molecular flexibility index (Phi) is 7.38. The molecule has 0 aliphatic carbocycles. The molecule has 30 heavy (non-hydrogen) atoms. The third kappa shape index (κ3) is 5.34. The van der Waals surface area contributed by atoms with Crippen LogP contribution in [0.5, 0.6) is 5.75 Å². The van der Waals surface area contributed by atoms with Crippen LogP contribution < -0.4 is 4.74 Å². The molecular weight excluding hydrogens is 613 g/mol. The quantitative estimate of drug-likeness (QED) is 0.102. The van der Waals surface area contributed by atoms with E-state index in [9.17, 15) is 19.8 Å². The van der Waals surface area contributed by atoms with E-state index in [2.05, 4.69) is 51.3 Å². The number of hydrogen-bond acceptors (Lipinski definition) is 4. The molecule has 150 valence electrons. The molecule has 0 aliphatic rings. The van der Waals surface area contributed by atoms with Crippen molar-refractivity contribution in [3.63, 3.8) is 0 Å². The fraction of sp³-hybridized carbons (Fsp3) is 0.0455. The lowest BCUT2D eigenvalue weighted by atomic mass is 10.0. The van der Waals surface area contributed by atoms with Gasteiger partial charge in [-0.1, -0.05) is 18.2 Å². The molecule has 0 saturated carbocycles. The van der Waals surface area contributed by atoms with Gasteiger partial charge in [0.1, 0.15) is 18.2 Å². The Hall–Kier alpha value is -2.52. The Morgan fingerprint density at radius 2 is 1.77 bits per heavy atom. The molecule has 0 fully saturated rings. The van der Waals surface area contributed by atoms with E-state index in [1.54, 1.807) is 36.4 Å². The van der Waals surface area contributed by atoms with E-state index in [0.717, 1.165) is 18.3 Å². The highest BCUT2D eigenvalue weighted by Gasteiger charge is 2.12. The number of hydrogen-bond donors (Lipinski definition) is 0. The summed E-state index contributed by atoms with van der Waals surface area (Å²) in [7, 11) is 0. The average Bonchev–Trinajstić information content (AvgIpc) is 2.72. The molecular formula is C22H13FI2N2O3. The zero-order valence-electron chi connectivity index (χ0n) is 15.3. The number of halogens is 3. The first-order valence-corrected chi connectivity index (χ1v) is 10.8. The third-order valence-electron chi connectivity index (χ3n) is 4.15. The first-order chi connectivity index (χ1) is 14.4. The molecule has 0 amide bonds. The van der Waals surface area contributed by atoms with Crippen LogP contribution >= 0.6 is 45.2 Å². The van der Waals surface area contributed by atoms with E-state index < -0.39 is 10.7 Å². The summed E-state index contributed by atoms with van der Waals surface area (Å²) in [6.45, 7) is 0.262. The summed E-state index contributed by atoms with van der Waals surface area (Å²) in [6.07, 6.45) is 1.64. The van der Waals surface area contributed by atoms with Crippen molar-refractivity contribution in [3.05, 3.63) is 100 Å². The van der Waals surface area contributed by atoms with Gasteiger partial charge in [-0.15, -0.1) is 0 Å². The molecule has 3 rings (SSSR count). The maximum absolute atomic E-state index is 14.0. The zero-order valence-corrected chi connectivity index (χ0v) is 19.6. The van der Waals surface area contributed by atoms with Crippen LogP contribution in [0.4, 0.5) is 10.1 Å². The van der Waals surface area contributed by atoms with Gasteiger partial charge in [0.15, 0.2) is 0 Å². The van der Waals surface area contributed by atoms with E-state index in [1.807, 2.05) is 12.1 Å². The Bertz CT molecular complexity index is 1150. The molecule has 0 radical (unpaired) electrons. The van der Waals surface area contributed by atoms with Gasteiger partial charge in [0, 0.05) is 17.7 Å². The van der Waals surface area contributed by atoms with Crippen LogP contribution in [-0.2, 0) is 6.61 Å². The Morgan fingerprint density at radius 3 is 2.33 bits per heavy atom. The molecule has 0 aliphatic heterocycles. The van der Waals surface area contributed by atoms with E-state index in [1.165, 1.54) is 18.2 Å². The van der Waals surface area contributed by atoms with Crippen LogP contribution in [0, 0.1) is 34.4 Å². The highest BCUT2D eigenvalue weighted by molar-refractivity contribution is 14.1. The molecule has 5 nitrogen and oxygen atoms in total. The van der Waals surface area contributed by atoms with Crippen molar-refractivity contribution in [3.8, 4) is 11.8 Å². The number of ether oxygens (including phenoxy) is 1. The lowest BCUT2D eigenvalue weighted by Crippen LogP contribution is -2.00. The number of rotatable bonds is 6. The summed E-state index contributed by atoms with van der Waals surface area (Å²) in [5.74, 6) is 0.230. The van der Waals surface area contributed by atoms with Gasteiger partial charge in [-0.3, -0.25) is 10.1 Å². The highest BCUT2D eigenvalue weighted by Crippen LogP contribution is 2.31. The standard InChI is InChI=1S/C22H13FI2N2O3/c23-19-4-2-1-3-18(19)16(12-26)9-15-10-20(24)22(21(25)11-15)30-13-14-5-7-17(8-6-14)27(28)29/h1-11H,13H2/b16-9-. The van der Waals surface area contributed by atoms with Crippen molar-refractivity contribution < 1.29 is 14.1 Å². The minimum Gasteiger partial charge on any atom is -0.487 e. The smallest absolute Gasteiger partial charge is 0.269 e. The lowest BCUT2D eigenvalue weighted by molar-refractivity contribution is -0.384. The van der Waals surface area contributed by atoms with Crippen molar-refractivity contribution in [2.24, 2.45) is 0 Å². The topological polar surface area (TPSA) is 76.2 Å². The molecule has 0 saturated heterocycles. The molecule has 0 aromatic heterocycles. The van der Waals surface area contributed by atoms with Gasteiger partial charge in [0.25, 0.3) is 5.69 Å². The van der Waals surface area contributed by atoms with Crippen molar-refractivity contribution in [2.75, 3.05) is 0 Å². The Balaban J connectivity index is 1.82. The molecule has 0 heterocycles. The molecule has 0 bridgehead atoms. The van der Waals surface area contributed by atoms with Crippen molar-refractivity contribution >= 4 is 62.5 Å². The summed E-state index contributed by atoms with van der Waals surface area (Å²) in [5.41, 5.74) is 2.08. The fourth-order valence-corrected chi connectivity index (χ4v) is 4.81. The van der Waals surface area contributed by atoms with Gasteiger partial charge in [0.2, 0.25) is 0 Å². The van der Waals surface area contributed by atoms with Crippen molar-refractivity contribution in [1.29, 1.82) is 5.26 Å². The normalized spacial score (nSPS) is 11.1. The Morgan fingerprint density at radius 1 is 1.13 bits per heavy atom. The van der Waals surface area contributed by atoms with Crippen LogP contribution in [0.1, 0.15) is 16.7 Å². The summed E-state index contributed by atoms with van der Waals surface area (Å²) in [5, 5.41) is 20.2. The predicted octanol–water partition coefficient (Wildman–Crippen LogP) is 6.59. The maximum Gasteiger partial charge on any atom is 0.269 e. The summed E-state index contributed by atoms with van der Waals surface area (Å²) >= 11 is 4.29. The number of nitro groups is 1. The minimum atomic E-state index is -0.447. The highest BCUT2D eigenvalue weighted by atomic mass is 127. The fourth-order valence-electron chi connectivity index (χ4n) is 2.69. The average molecular weight is 626 g/mol. The molecule has 0 unspecified atom stereocenters. The molecule has 0 N–H and O–H groups in total. The number of benzene rings is 3. The second-order valence-corrected chi connectivity index (χ2v) is 8.50. The van der Waals surface area contributed by atoms with Gasteiger partial charge in [-0.05, 0) is 92.7 Å².